The van der Waals surface area contributed by atoms with Crippen LogP contribution in [0.3, 0.4) is 0 Å². The number of hydrogen-bond acceptors (Lipinski definition) is 4. The van der Waals surface area contributed by atoms with Gasteiger partial charge in [-0.2, -0.15) is 0 Å². The molecule has 7 heteroatoms. The maximum absolute atomic E-state index is 11.4. The van der Waals surface area contributed by atoms with Gasteiger partial charge in [-0.05, 0) is 11.4 Å². The summed E-state index contributed by atoms with van der Waals surface area (Å²) in [6.07, 6.45) is -0.218. The van der Waals surface area contributed by atoms with E-state index in [1.54, 1.807) is 11.4 Å². The second kappa shape index (κ2) is 4.54. The van der Waals surface area contributed by atoms with Crippen molar-refractivity contribution in [2.24, 2.45) is 0 Å². The molecule has 0 radical (unpaired) electrons. The summed E-state index contributed by atoms with van der Waals surface area (Å²) in [5.74, 6) is -1.03. The molecule has 0 amide bonds. The second-order valence-electron chi connectivity index (χ2n) is 2.47. The summed E-state index contributed by atoms with van der Waals surface area (Å²) in [5, 5.41) is 9.95. The number of sulfonamides is 1. The first kappa shape index (κ1) is 11.2. The first-order valence-corrected chi connectivity index (χ1v) is 6.13. The van der Waals surface area contributed by atoms with Crippen LogP contribution >= 0.6 is 11.3 Å². The van der Waals surface area contributed by atoms with Gasteiger partial charge in [-0.25, -0.2) is 13.1 Å². The minimum atomic E-state index is -3.51. The number of thiophene rings is 1. The van der Waals surface area contributed by atoms with Crippen molar-refractivity contribution in [1.82, 2.24) is 4.72 Å². The molecule has 0 spiro atoms. The van der Waals surface area contributed by atoms with Crippen molar-refractivity contribution in [3.63, 3.8) is 0 Å². The highest BCUT2D eigenvalue weighted by Crippen LogP contribution is 2.14. The molecule has 1 aromatic heterocycles. The van der Waals surface area contributed by atoms with E-state index in [1.165, 1.54) is 6.07 Å². The van der Waals surface area contributed by atoms with E-state index in [4.69, 9.17) is 5.11 Å². The van der Waals surface area contributed by atoms with Gasteiger partial charge < -0.3 is 5.11 Å². The van der Waals surface area contributed by atoms with Crippen LogP contribution in [-0.2, 0) is 14.8 Å². The van der Waals surface area contributed by atoms with Crippen LogP contribution in [0.4, 0.5) is 0 Å². The Hall–Kier alpha value is -0.920. The largest absolute Gasteiger partial charge is 0.481 e. The van der Waals surface area contributed by atoms with Gasteiger partial charge >= 0.3 is 5.97 Å². The van der Waals surface area contributed by atoms with Crippen LogP contribution in [0.2, 0.25) is 0 Å². The molecular weight excluding hydrogens is 226 g/mol. The average Bonchev–Trinajstić information content (AvgIpc) is 2.54. The Morgan fingerprint density at radius 2 is 2.29 bits per heavy atom. The van der Waals surface area contributed by atoms with Crippen molar-refractivity contribution in [3.05, 3.63) is 17.5 Å². The van der Waals surface area contributed by atoms with Crippen molar-refractivity contribution in [3.8, 4) is 0 Å². The predicted molar refractivity (Wildman–Crippen MR) is 51.8 cm³/mol. The molecule has 0 atom stereocenters. The van der Waals surface area contributed by atoms with Gasteiger partial charge in [0.1, 0.15) is 4.21 Å². The first-order chi connectivity index (χ1) is 6.52. The van der Waals surface area contributed by atoms with Crippen molar-refractivity contribution < 1.29 is 18.3 Å². The Bertz CT molecular complexity index is 395. The molecule has 0 aliphatic heterocycles. The van der Waals surface area contributed by atoms with E-state index in [0.717, 1.165) is 11.3 Å². The third kappa shape index (κ3) is 3.09. The normalized spacial score (nSPS) is 11.4. The Labute approximate surface area is 85.4 Å². The maximum atomic E-state index is 11.4. The lowest BCUT2D eigenvalue weighted by atomic mass is 10.5. The number of carboxylic acid groups (broad SMARTS) is 1. The molecule has 0 aromatic carbocycles. The lowest BCUT2D eigenvalue weighted by molar-refractivity contribution is -0.136. The highest BCUT2D eigenvalue weighted by atomic mass is 32.2. The van der Waals surface area contributed by atoms with E-state index in [2.05, 4.69) is 4.72 Å². The Morgan fingerprint density at radius 1 is 1.57 bits per heavy atom. The zero-order valence-corrected chi connectivity index (χ0v) is 8.77. The number of nitrogens with one attached hydrogen (secondary N) is 1. The number of carbonyl (C=O) groups is 1. The van der Waals surface area contributed by atoms with Gasteiger partial charge in [0.15, 0.2) is 0 Å². The zero-order valence-electron chi connectivity index (χ0n) is 7.13. The van der Waals surface area contributed by atoms with Crippen LogP contribution in [0.15, 0.2) is 21.7 Å². The molecule has 1 aromatic rings. The lowest BCUT2D eigenvalue weighted by Gasteiger charge is -2.01. The number of hydrogen-bond donors (Lipinski definition) is 2. The molecule has 0 bridgehead atoms. The molecule has 1 rings (SSSR count). The average molecular weight is 235 g/mol. The Balaban J connectivity index is 2.56. The summed E-state index contributed by atoms with van der Waals surface area (Å²) in [7, 11) is -3.51. The van der Waals surface area contributed by atoms with E-state index in [0.29, 0.717) is 0 Å². The summed E-state index contributed by atoms with van der Waals surface area (Å²) in [5.41, 5.74) is 0. The molecule has 1 heterocycles. The molecule has 5 nitrogen and oxygen atoms in total. The van der Waals surface area contributed by atoms with E-state index in [1.807, 2.05) is 0 Å². The molecule has 0 aliphatic carbocycles. The molecule has 2 N–H and O–H groups in total. The zero-order chi connectivity index (χ0) is 10.6. The minimum Gasteiger partial charge on any atom is -0.481 e. The summed E-state index contributed by atoms with van der Waals surface area (Å²) < 4.78 is 25.2. The van der Waals surface area contributed by atoms with Crippen molar-refractivity contribution in [2.45, 2.75) is 10.6 Å². The van der Waals surface area contributed by atoms with Crippen LogP contribution in [0.1, 0.15) is 6.42 Å². The molecule has 0 unspecified atom stereocenters. The Kier molecular flexibility index (Phi) is 3.62. The summed E-state index contributed by atoms with van der Waals surface area (Å²) in [4.78, 5) is 10.1. The van der Waals surface area contributed by atoms with Crippen LogP contribution in [0.5, 0.6) is 0 Å². The number of rotatable bonds is 5. The lowest BCUT2D eigenvalue weighted by Crippen LogP contribution is -2.25. The van der Waals surface area contributed by atoms with E-state index in [-0.39, 0.29) is 17.2 Å². The van der Waals surface area contributed by atoms with Gasteiger partial charge in [-0.1, -0.05) is 6.07 Å². The summed E-state index contributed by atoms with van der Waals surface area (Å²) in [6.45, 7) is -0.0877. The fourth-order valence-corrected chi connectivity index (χ4v) is 2.85. The van der Waals surface area contributed by atoms with E-state index >= 15 is 0 Å². The van der Waals surface area contributed by atoms with Crippen LogP contribution in [0, 0.1) is 0 Å². The van der Waals surface area contributed by atoms with Crippen molar-refractivity contribution in [2.75, 3.05) is 6.54 Å². The molecule has 14 heavy (non-hydrogen) atoms. The number of aliphatic carboxylic acids is 1. The number of carboxylic acids is 1. The van der Waals surface area contributed by atoms with Crippen LogP contribution in [-0.4, -0.2) is 26.0 Å². The van der Waals surface area contributed by atoms with Gasteiger partial charge in [0, 0.05) is 6.54 Å². The summed E-state index contributed by atoms with van der Waals surface area (Å²) in [6, 6.07) is 3.09. The quantitative estimate of drug-likeness (QED) is 0.778. The van der Waals surface area contributed by atoms with E-state index < -0.39 is 16.0 Å². The SMILES string of the molecule is O=C(O)CCNS(=O)(=O)c1cccs1. The molecule has 0 saturated carbocycles. The third-order valence-electron chi connectivity index (χ3n) is 1.39. The van der Waals surface area contributed by atoms with Crippen LogP contribution in [0.25, 0.3) is 0 Å². The van der Waals surface area contributed by atoms with Gasteiger partial charge in [-0.15, -0.1) is 11.3 Å². The van der Waals surface area contributed by atoms with Crippen LogP contribution < -0.4 is 4.72 Å². The highest BCUT2D eigenvalue weighted by Gasteiger charge is 2.14. The third-order valence-corrected chi connectivity index (χ3v) is 4.25. The van der Waals surface area contributed by atoms with Gasteiger partial charge in [0.25, 0.3) is 0 Å². The maximum Gasteiger partial charge on any atom is 0.304 e. The standard InChI is InChI=1S/C7H9NO4S2/c9-6(10)3-4-8-14(11,12)7-2-1-5-13-7/h1-2,5,8H,3-4H2,(H,9,10). The van der Waals surface area contributed by atoms with Crippen molar-refractivity contribution >= 4 is 27.3 Å². The molecular formula is C7H9NO4S2. The van der Waals surface area contributed by atoms with Gasteiger partial charge in [0.05, 0.1) is 6.42 Å². The fourth-order valence-electron chi connectivity index (χ4n) is 0.780. The van der Waals surface area contributed by atoms with Gasteiger partial charge in [0.2, 0.25) is 10.0 Å². The minimum absolute atomic E-state index is 0.0877. The van der Waals surface area contributed by atoms with Gasteiger partial charge in [-0.3, -0.25) is 4.79 Å². The molecule has 0 saturated heterocycles. The smallest absolute Gasteiger partial charge is 0.304 e. The second-order valence-corrected chi connectivity index (χ2v) is 5.42. The van der Waals surface area contributed by atoms with Crippen molar-refractivity contribution in [1.29, 1.82) is 0 Å². The molecule has 0 aliphatic rings. The monoisotopic (exact) mass is 235 g/mol. The first-order valence-electron chi connectivity index (χ1n) is 3.77. The Morgan fingerprint density at radius 3 is 2.79 bits per heavy atom. The van der Waals surface area contributed by atoms with E-state index in [9.17, 15) is 13.2 Å². The highest BCUT2D eigenvalue weighted by molar-refractivity contribution is 7.91. The molecule has 78 valence electrons. The summed E-state index contributed by atoms with van der Waals surface area (Å²) >= 11 is 1.09. The molecule has 0 fully saturated rings. The fraction of sp³-hybridized carbons (Fsp3) is 0.286. The predicted octanol–water partition coefficient (Wildman–Crippen LogP) is 0.501. The topological polar surface area (TPSA) is 83.5 Å².